The maximum atomic E-state index is 14.0. The highest BCUT2D eigenvalue weighted by Crippen LogP contribution is 2.23. The lowest BCUT2D eigenvalue weighted by molar-refractivity contribution is -0.119. The summed E-state index contributed by atoms with van der Waals surface area (Å²) in [4.78, 5) is 13.1. The number of piperidine rings is 1. The number of ether oxygens (including phenoxy) is 1. The van der Waals surface area contributed by atoms with E-state index >= 15 is 0 Å². The third kappa shape index (κ3) is 3.07. The predicted octanol–water partition coefficient (Wildman–Crippen LogP) is 2.53. The van der Waals surface area contributed by atoms with Gasteiger partial charge in [0.1, 0.15) is 11.6 Å². The average molecular weight is 251 g/mol. The molecule has 0 radical (unpaired) electrons. The van der Waals surface area contributed by atoms with Gasteiger partial charge in [-0.15, -0.1) is 0 Å². The topological polar surface area (TPSA) is 29.5 Å². The van der Waals surface area contributed by atoms with Gasteiger partial charge in [0.15, 0.2) is 0 Å². The Balaban J connectivity index is 2.07. The molecule has 18 heavy (non-hydrogen) atoms. The summed E-state index contributed by atoms with van der Waals surface area (Å²) in [5.41, 5.74) is 1.42. The van der Waals surface area contributed by atoms with Crippen LogP contribution in [0.1, 0.15) is 25.3 Å². The first-order valence-corrected chi connectivity index (χ1v) is 6.33. The van der Waals surface area contributed by atoms with E-state index in [2.05, 4.69) is 0 Å². The van der Waals surface area contributed by atoms with Crippen LogP contribution in [0, 0.1) is 5.82 Å². The predicted molar refractivity (Wildman–Crippen MR) is 68.2 cm³/mol. The molecule has 0 unspecified atom stereocenters. The van der Waals surface area contributed by atoms with Gasteiger partial charge in [-0.3, -0.25) is 4.79 Å². The highest BCUT2D eigenvalue weighted by Gasteiger charge is 2.18. The van der Waals surface area contributed by atoms with Gasteiger partial charge in [0.05, 0.1) is 12.3 Å². The molecule has 0 atom stereocenters. The zero-order valence-electron chi connectivity index (χ0n) is 10.6. The SMILES string of the molecule is CCOCc1ccc(N2CCC(=O)CC2)c(F)c1. The molecule has 1 heterocycles. The van der Waals surface area contributed by atoms with Crippen molar-refractivity contribution in [1.82, 2.24) is 0 Å². The molecule has 98 valence electrons. The molecular formula is C14H18FNO2. The lowest BCUT2D eigenvalue weighted by atomic mass is 10.1. The van der Waals surface area contributed by atoms with E-state index in [-0.39, 0.29) is 11.6 Å². The van der Waals surface area contributed by atoms with Crippen LogP contribution in [-0.2, 0) is 16.1 Å². The van der Waals surface area contributed by atoms with Crippen molar-refractivity contribution in [3.63, 3.8) is 0 Å². The zero-order chi connectivity index (χ0) is 13.0. The van der Waals surface area contributed by atoms with Crippen LogP contribution < -0.4 is 4.90 Å². The number of carbonyl (C=O) groups is 1. The monoisotopic (exact) mass is 251 g/mol. The number of benzene rings is 1. The molecule has 0 aromatic heterocycles. The van der Waals surface area contributed by atoms with Gasteiger partial charge < -0.3 is 9.64 Å². The first-order valence-electron chi connectivity index (χ1n) is 6.33. The molecule has 1 aromatic rings. The molecule has 0 aliphatic carbocycles. The van der Waals surface area contributed by atoms with Gasteiger partial charge >= 0.3 is 0 Å². The van der Waals surface area contributed by atoms with Crippen LogP contribution in [0.4, 0.5) is 10.1 Å². The number of nitrogens with zero attached hydrogens (tertiary/aromatic N) is 1. The quantitative estimate of drug-likeness (QED) is 0.823. The molecule has 0 bridgehead atoms. The van der Waals surface area contributed by atoms with Crippen molar-refractivity contribution in [3.8, 4) is 0 Å². The molecule has 3 nitrogen and oxygen atoms in total. The molecule has 0 saturated carbocycles. The third-order valence-corrected chi connectivity index (χ3v) is 3.15. The van der Waals surface area contributed by atoms with Crippen molar-refractivity contribution in [2.24, 2.45) is 0 Å². The van der Waals surface area contributed by atoms with E-state index in [9.17, 15) is 9.18 Å². The number of rotatable bonds is 4. The van der Waals surface area contributed by atoms with Crippen LogP contribution in [-0.4, -0.2) is 25.5 Å². The van der Waals surface area contributed by atoms with Crippen molar-refractivity contribution >= 4 is 11.5 Å². The van der Waals surface area contributed by atoms with Crippen LogP contribution >= 0.6 is 0 Å². The highest BCUT2D eigenvalue weighted by molar-refractivity contribution is 5.81. The fourth-order valence-corrected chi connectivity index (χ4v) is 2.11. The van der Waals surface area contributed by atoms with E-state index in [1.807, 2.05) is 17.9 Å². The number of anilines is 1. The summed E-state index contributed by atoms with van der Waals surface area (Å²) in [6, 6.07) is 5.17. The number of hydrogen-bond acceptors (Lipinski definition) is 3. The van der Waals surface area contributed by atoms with Gasteiger partial charge in [0.2, 0.25) is 0 Å². The number of Topliss-reactive ketones (excluding diaryl/α,β-unsaturated/α-hetero) is 1. The first-order chi connectivity index (χ1) is 8.70. The van der Waals surface area contributed by atoms with E-state index < -0.39 is 0 Å². The minimum Gasteiger partial charge on any atom is -0.377 e. The van der Waals surface area contributed by atoms with Crippen LogP contribution in [0.15, 0.2) is 18.2 Å². The first kappa shape index (κ1) is 13.0. The van der Waals surface area contributed by atoms with Gasteiger partial charge in [-0.2, -0.15) is 0 Å². The van der Waals surface area contributed by atoms with Crippen molar-refractivity contribution in [3.05, 3.63) is 29.6 Å². The smallest absolute Gasteiger partial charge is 0.146 e. The minimum absolute atomic E-state index is 0.235. The molecular weight excluding hydrogens is 233 g/mol. The van der Waals surface area contributed by atoms with Crippen LogP contribution in [0.3, 0.4) is 0 Å². The molecule has 0 amide bonds. The number of halogens is 1. The normalized spacial score (nSPS) is 16.1. The van der Waals surface area contributed by atoms with Crippen LogP contribution in [0.2, 0.25) is 0 Å². The van der Waals surface area contributed by atoms with Crippen LogP contribution in [0.25, 0.3) is 0 Å². The van der Waals surface area contributed by atoms with Gasteiger partial charge in [-0.25, -0.2) is 4.39 Å². The summed E-state index contributed by atoms with van der Waals surface area (Å²) >= 11 is 0. The maximum absolute atomic E-state index is 14.0. The lowest BCUT2D eigenvalue weighted by Crippen LogP contribution is -2.34. The molecule has 1 aliphatic rings. The summed E-state index contributed by atoms with van der Waals surface area (Å²) in [5.74, 6) is 0.0289. The van der Waals surface area contributed by atoms with Crippen molar-refractivity contribution in [1.29, 1.82) is 0 Å². The second-order valence-corrected chi connectivity index (χ2v) is 4.45. The second-order valence-electron chi connectivity index (χ2n) is 4.45. The Morgan fingerprint density at radius 3 is 2.67 bits per heavy atom. The van der Waals surface area contributed by atoms with E-state index in [1.165, 1.54) is 6.07 Å². The Morgan fingerprint density at radius 1 is 1.33 bits per heavy atom. The Hall–Kier alpha value is -1.42. The van der Waals surface area contributed by atoms with Gasteiger partial charge in [0, 0.05) is 32.5 Å². The van der Waals surface area contributed by atoms with Crippen molar-refractivity contribution in [2.45, 2.75) is 26.4 Å². The second kappa shape index (κ2) is 5.96. The number of carbonyl (C=O) groups excluding carboxylic acids is 1. The largest absolute Gasteiger partial charge is 0.377 e. The van der Waals surface area contributed by atoms with E-state index in [0.29, 0.717) is 44.8 Å². The summed E-state index contributed by atoms with van der Waals surface area (Å²) in [6.07, 6.45) is 1.03. The van der Waals surface area contributed by atoms with E-state index in [4.69, 9.17) is 4.74 Å². The third-order valence-electron chi connectivity index (χ3n) is 3.15. The Morgan fingerprint density at radius 2 is 2.06 bits per heavy atom. The van der Waals surface area contributed by atoms with E-state index in [0.717, 1.165) is 5.56 Å². The molecule has 0 N–H and O–H groups in total. The fraction of sp³-hybridized carbons (Fsp3) is 0.500. The molecule has 4 heteroatoms. The summed E-state index contributed by atoms with van der Waals surface area (Å²) in [7, 11) is 0. The van der Waals surface area contributed by atoms with Gasteiger partial charge in [0.25, 0.3) is 0 Å². The van der Waals surface area contributed by atoms with Gasteiger partial charge in [-0.05, 0) is 24.6 Å². The molecule has 1 saturated heterocycles. The molecule has 1 fully saturated rings. The summed E-state index contributed by atoms with van der Waals surface area (Å²) < 4.78 is 19.2. The number of hydrogen-bond donors (Lipinski definition) is 0. The maximum Gasteiger partial charge on any atom is 0.146 e. The Labute approximate surface area is 107 Å². The summed E-state index contributed by atoms with van der Waals surface area (Å²) in [6.45, 7) is 4.19. The summed E-state index contributed by atoms with van der Waals surface area (Å²) in [5, 5.41) is 0. The average Bonchev–Trinajstić information content (AvgIpc) is 2.38. The van der Waals surface area contributed by atoms with E-state index in [1.54, 1.807) is 6.07 Å². The number of ketones is 1. The fourth-order valence-electron chi connectivity index (χ4n) is 2.11. The zero-order valence-corrected chi connectivity index (χ0v) is 10.6. The Bertz CT molecular complexity index is 424. The van der Waals surface area contributed by atoms with Crippen molar-refractivity contribution < 1.29 is 13.9 Å². The minimum atomic E-state index is -0.235. The van der Waals surface area contributed by atoms with Gasteiger partial charge in [-0.1, -0.05) is 6.07 Å². The molecule has 1 aliphatic heterocycles. The molecule has 0 spiro atoms. The lowest BCUT2D eigenvalue weighted by Gasteiger charge is -2.28. The van der Waals surface area contributed by atoms with Crippen LogP contribution in [0.5, 0.6) is 0 Å². The highest BCUT2D eigenvalue weighted by atomic mass is 19.1. The molecule has 2 rings (SSSR count). The Kier molecular flexibility index (Phi) is 4.31. The van der Waals surface area contributed by atoms with Crippen molar-refractivity contribution in [2.75, 3.05) is 24.6 Å². The molecule has 1 aromatic carbocycles. The standard InChI is InChI=1S/C14H18FNO2/c1-2-18-10-11-3-4-14(13(15)9-11)16-7-5-12(17)6-8-16/h3-4,9H,2,5-8,10H2,1H3.